The van der Waals surface area contributed by atoms with Gasteiger partial charge >= 0.3 is 222 Å². The second-order valence-corrected chi connectivity index (χ2v) is 40.9. The Morgan fingerprint density at radius 2 is 0.825 bits per heavy atom. The van der Waals surface area contributed by atoms with Crippen molar-refractivity contribution in [3.8, 4) is 0 Å². The van der Waals surface area contributed by atoms with Crippen molar-refractivity contribution in [3.05, 3.63) is 41.7 Å². The van der Waals surface area contributed by atoms with E-state index < -0.39 is 35.6 Å². The second kappa shape index (κ2) is 27.1. The van der Waals surface area contributed by atoms with Crippen LogP contribution in [0.4, 0.5) is 0 Å². The van der Waals surface area contributed by atoms with Crippen molar-refractivity contribution in [2.45, 2.75) is 145 Å². The van der Waals surface area contributed by atoms with Crippen LogP contribution in [0.15, 0.2) is 41.7 Å². The van der Waals surface area contributed by atoms with Crippen LogP contribution in [0.25, 0.3) is 0 Å². The van der Waals surface area contributed by atoms with Crippen LogP contribution < -0.4 is 3.84 Å². The number of hydrogen-bond donors (Lipinski definition) is 0. The minimum absolute atomic E-state index is 0.634. The van der Waals surface area contributed by atoms with Gasteiger partial charge in [0.1, 0.15) is 0 Å². The zero-order chi connectivity index (χ0) is 30.0. The van der Waals surface area contributed by atoms with E-state index in [1.54, 1.807) is 18.5 Å². The van der Waals surface area contributed by atoms with Crippen LogP contribution in [0.5, 0.6) is 0 Å². The van der Waals surface area contributed by atoms with Gasteiger partial charge in [0.05, 0.1) is 0 Å². The Balaban J connectivity index is 0.000000631. The van der Waals surface area contributed by atoms with E-state index >= 15 is 0 Å². The number of rotatable bonds is 19. The molecule has 4 nitrogen and oxygen atoms in total. The molecular formula is C32H60BrClN4Sn2. The minimum atomic E-state index is -2.32. The van der Waals surface area contributed by atoms with Gasteiger partial charge in [-0.2, -0.15) is 0 Å². The Bertz CT molecular complexity index is 758. The van der Waals surface area contributed by atoms with Crippen molar-refractivity contribution >= 4 is 64.3 Å². The van der Waals surface area contributed by atoms with E-state index in [0.717, 1.165) is 0 Å². The molecule has 2 heterocycles. The summed E-state index contributed by atoms with van der Waals surface area (Å²) in [6, 6.07) is 3.73. The molecule has 0 amide bonds. The predicted octanol–water partition coefficient (Wildman–Crippen LogP) is 11.3. The maximum atomic E-state index is 6.89. The van der Waals surface area contributed by atoms with Crippen molar-refractivity contribution in [3.63, 3.8) is 0 Å². The van der Waals surface area contributed by atoms with Gasteiger partial charge in [0.2, 0.25) is 0 Å². The van der Waals surface area contributed by atoms with Crippen molar-refractivity contribution < 1.29 is 0 Å². The van der Waals surface area contributed by atoms with E-state index in [-0.39, 0.29) is 0 Å². The third kappa shape index (κ3) is 19.7. The molecular weight excluding hydrogens is 793 g/mol. The first kappa shape index (κ1) is 40.5. The third-order valence-electron chi connectivity index (χ3n) is 7.54. The quantitative estimate of drug-likeness (QED) is 0.104. The monoisotopic (exact) mass is 854 g/mol. The molecule has 0 saturated carbocycles. The summed E-state index contributed by atoms with van der Waals surface area (Å²) in [5, 5.41) is 0. The summed E-state index contributed by atoms with van der Waals surface area (Å²) in [7, 11) is 6.89. The number of halogens is 2. The fourth-order valence-corrected chi connectivity index (χ4v) is 33.4. The Kier molecular flexibility index (Phi) is 27.5. The maximum absolute atomic E-state index is 6.89. The van der Waals surface area contributed by atoms with Crippen molar-refractivity contribution in [1.29, 1.82) is 0 Å². The molecule has 0 N–H and O–H groups in total. The van der Waals surface area contributed by atoms with E-state index in [1.165, 1.54) is 108 Å². The van der Waals surface area contributed by atoms with Gasteiger partial charge in [-0.1, -0.05) is 0 Å². The third-order valence-corrected chi connectivity index (χ3v) is 37.1. The van der Waals surface area contributed by atoms with E-state index in [1.807, 2.05) is 18.5 Å². The number of unbranched alkanes of at least 4 members (excludes halogenated alkanes) is 6. The van der Waals surface area contributed by atoms with Gasteiger partial charge in [-0.25, -0.2) is 9.97 Å². The standard InChI is InChI=1S/C4H3BrN2.C4H3N2.6C4H9.ClH.2Sn/c5-4-6-2-1-3-7-4;1-2-5-4-6-3-1;6*1-3-4-2;;;/h1-3H;1-3H;6*1,3-4H2,2H3;1H;;/q;;;;;;;;;;+1/p-1. The molecule has 0 spiro atoms. The molecule has 0 aliphatic rings. The molecule has 2 aromatic rings. The molecule has 2 rings (SSSR count). The van der Waals surface area contributed by atoms with E-state index in [2.05, 4.69) is 67.4 Å². The number of hydrogen-bond acceptors (Lipinski definition) is 4. The Hall–Kier alpha value is 0.527. The second-order valence-electron chi connectivity index (χ2n) is 11.1. The van der Waals surface area contributed by atoms with E-state index in [0.29, 0.717) is 4.73 Å². The van der Waals surface area contributed by atoms with Crippen LogP contribution in [-0.2, 0) is 0 Å². The first-order valence-electron chi connectivity index (χ1n) is 16.3. The van der Waals surface area contributed by atoms with Gasteiger partial charge in [-0.3, -0.25) is 0 Å². The summed E-state index contributed by atoms with van der Waals surface area (Å²) in [5.74, 6) is 0. The van der Waals surface area contributed by atoms with Crippen LogP contribution in [0.2, 0.25) is 26.6 Å². The summed E-state index contributed by atoms with van der Waals surface area (Å²) in [4.78, 5) is 17.0. The van der Waals surface area contributed by atoms with Gasteiger partial charge in [-0.15, -0.1) is 0 Å². The molecule has 0 saturated heterocycles. The summed E-state index contributed by atoms with van der Waals surface area (Å²) in [5.41, 5.74) is 0. The first-order valence-corrected chi connectivity index (χ1v) is 34.2. The molecule has 0 unspecified atom stereocenters. The summed E-state index contributed by atoms with van der Waals surface area (Å²) >= 11 is -1.32. The van der Waals surface area contributed by atoms with Gasteiger partial charge in [0.25, 0.3) is 0 Å². The van der Waals surface area contributed by atoms with Crippen LogP contribution in [0.1, 0.15) is 119 Å². The zero-order valence-corrected chi connectivity index (χ0v) is 34.8. The molecule has 0 aromatic carbocycles. The summed E-state index contributed by atoms with van der Waals surface area (Å²) in [6.07, 6.45) is 23.4. The van der Waals surface area contributed by atoms with E-state index in [4.69, 9.17) is 18.9 Å². The molecule has 0 aliphatic carbocycles. The molecule has 0 bridgehead atoms. The molecule has 40 heavy (non-hydrogen) atoms. The zero-order valence-electron chi connectivity index (χ0n) is 26.7. The molecule has 0 radical (unpaired) electrons. The van der Waals surface area contributed by atoms with Crippen molar-refractivity contribution in [1.82, 2.24) is 19.9 Å². The van der Waals surface area contributed by atoms with Gasteiger partial charge < -0.3 is 0 Å². The van der Waals surface area contributed by atoms with Crippen molar-refractivity contribution in [2.75, 3.05) is 0 Å². The molecule has 0 fully saturated rings. The van der Waals surface area contributed by atoms with Crippen LogP contribution >= 0.6 is 24.9 Å². The fraction of sp³-hybridized carbons (Fsp3) is 0.750. The Morgan fingerprint density at radius 3 is 1.10 bits per heavy atom. The van der Waals surface area contributed by atoms with E-state index in [9.17, 15) is 0 Å². The van der Waals surface area contributed by atoms with Crippen LogP contribution in [0.3, 0.4) is 0 Å². The van der Waals surface area contributed by atoms with Gasteiger partial charge in [0.15, 0.2) is 4.73 Å². The number of nitrogens with zero attached hydrogens (tertiary/aromatic N) is 4. The van der Waals surface area contributed by atoms with Crippen molar-refractivity contribution in [2.24, 2.45) is 0 Å². The van der Waals surface area contributed by atoms with Crippen LogP contribution in [0, 0.1) is 0 Å². The summed E-state index contributed by atoms with van der Waals surface area (Å²) in [6.45, 7) is 13.8. The SMILES string of the molecule is Brc1ncccn1.CCC[CH2][Sn]([CH2]CCC)([CH2]CCC)[c]1ncccn1.CCC[CH2][Sn]([Cl])([CH2]CCC)[CH2]CCC. The fourth-order valence-electron chi connectivity index (χ4n) is 4.97. The summed E-state index contributed by atoms with van der Waals surface area (Å²) < 4.78 is 10.6. The topological polar surface area (TPSA) is 51.6 Å². The molecule has 230 valence electrons. The van der Waals surface area contributed by atoms with Crippen LogP contribution in [-0.4, -0.2) is 55.6 Å². The number of aromatic nitrogens is 4. The van der Waals surface area contributed by atoms with Gasteiger partial charge in [-0.05, 0) is 22.0 Å². The average Bonchev–Trinajstić information content (AvgIpc) is 2.99. The predicted molar refractivity (Wildman–Crippen MR) is 187 cm³/mol. The molecule has 2 aromatic heterocycles. The average molecular weight is 854 g/mol. The normalized spacial score (nSPS) is 11.3. The molecule has 8 heteroatoms. The van der Waals surface area contributed by atoms with Gasteiger partial charge in [0, 0.05) is 12.4 Å². The molecule has 0 atom stereocenters. The first-order chi connectivity index (χ1) is 19.4. The molecule has 0 aliphatic heterocycles. The Morgan fingerprint density at radius 1 is 0.525 bits per heavy atom. The Labute approximate surface area is 268 Å².